The summed E-state index contributed by atoms with van der Waals surface area (Å²) in [6.45, 7) is 0. The molecule has 0 spiro atoms. The maximum Gasteiger partial charge on any atom is 0.265 e. The fourth-order valence-electron chi connectivity index (χ4n) is 2.51. The van der Waals surface area contributed by atoms with E-state index in [-0.39, 0.29) is 11.8 Å². The lowest BCUT2D eigenvalue weighted by Gasteiger charge is -2.08. The molecule has 2 aromatic carbocycles. The van der Waals surface area contributed by atoms with Crippen LogP contribution in [-0.2, 0) is 4.79 Å². The molecule has 8 heteroatoms. The lowest BCUT2D eigenvalue weighted by molar-refractivity contribution is -0.111. The molecule has 0 aliphatic heterocycles. The van der Waals surface area contributed by atoms with E-state index in [1.54, 1.807) is 48.5 Å². The fourth-order valence-corrected chi connectivity index (χ4v) is 3.71. The number of nitrogens with one attached hydrogen (secondary N) is 2. The van der Waals surface area contributed by atoms with Crippen molar-refractivity contribution in [3.63, 3.8) is 0 Å². The summed E-state index contributed by atoms with van der Waals surface area (Å²) in [7, 11) is 1.49. The highest BCUT2D eigenvalue weighted by Gasteiger charge is 2.09. The van der Waals surface area contributed by atoms with E-state index in [2.05, 4.69) is 10.6 Å². The average molecular weight is 447 g/mol. The topological polar surface area (TPSA) is 67.4 Å². The van der Waals surface area contributed by atoms with Crippen LogP contribution in [0.3, 0.4) is 0 Å². The molecule has 0 aliphatic rings. The summed E-state index contributed by atoms with van der Waals surface area (Å²) >= 11 is 13.5. The van der Waals surface area contributed by atoms with Gasteiger partial charge < -0.3 is 15.4 Å². The molecule has 3 aromatic rings. The number of rotatable bonds is 6. The molecule has 5 nitrogen and oxygen atoms in total. The van der Waals surface area contributed by atoms with Gasteiger partial charge in [0, 0.05) is 28.0 Å². The van der Waals surface area contributed by atoms with Gasteiger partial charge in [-0.1, -0.05) is 29.3 Å². The Balaban J connectivity index is 1.62. The van der Waals surface area contributed by atoms with Crippen molar-refractivity contribution >= 4 is 63.8 Å². The molecule has 148 valence electrons. The molecule has 2 N–H and O–H groups in total. The summed E-state index contributed by atoms with van der Waals surface area (Å²) in [4.78, 5) is 24.9. The van der Waals surface area contributed by atoms with Gasteiger partial charge in [0.1, 0.15) is 5.75 Å². The third-order valence-corrected chi connectivity index (χ3v) is 5.18. The van der Waals surface area contributed by atoms with Crippen molar-refractivity contribution in [3.05, 3.63) is 80.5 Å². The van der Waals surface area contributed by atoms with Crippen molar-refractivity contribution in [1.29, 1.82) is 0 Å². The van der Waals surface area contributed by atoms with Gasteiger partial charge in [0.25, 0.3) is 5.91 Å². The van der Waals surface area contributed by atoms with Gasteiger partial charge in [-0.05, 0) is 53.9 Å². The second-order valence-electron chi connectivity index (χ2n) is 5.84. The van der Waals surface area contributed by atoms with E-state index >= 15 is 0 Å². The van der Waals surface area contributed by atoms with Crippen LogP contribution in [0.2, 0.25) is 10.0 Å². The predicted octanol–water partition coefficient (Wildman–Crippen LogP) is 5.97. The lowest BCUT2D eigenvalue weighted by Crippen LogP contribution is -2.10. The minimum absolute atomic E-state index is 0.172. The largest absolute Gasteiger partial charge is 0.495 e. The van der Waals surface area contributed by atoms with Gasteiger partial charge in [-0.2, -0.15) is 0 Å². The Bertz CT molecular complexity index is 1050. The number of hydrogen-bond acceptors (Lipinski definition) is 4. The zero-order valence-corrected chi connectivity index (χ0v) is 17.6. The maximum atomic E-state index is 12.2. The second kappa shape index (κ2) is 9.60. The monoisotopic (exact) mass is 446 g/mol. The van der Waals surface area contributed by atoms with Crippen molar-refractivity contribution < 1.29 is 14.3 Å². The summed E-state index contributed by atoms with van der Waals surface area (Å²) in [5, 5.41) is 8.19. The Morgan fingerprint density at radius 1 is 1.03 bits per heavy atom. The van der Waals surface area contributed by atoms with Crippen LogP contribution in [-0.4, -0.2) is 18.9 Å². The quantitative estimate of drug-likeness (QED) is 0.458. The van der Waals surface area contributed by atoms with Crippen LogP contribution in [0.1, 0.15) is 15.2 Å². The molecule has 3 rings (SSSR count). The third-order valence-electron chi connectivity index (χ3n) is 3.81. The van der Waals surface area contributed by atoms with Crippen LogP contribution < -0.4 is 15.4 Å². The van der Waals surface area contributed by atoms with Gasteiger partial charge in [0.15, 0.2) is 0 Å². The molecule has 0 bridgehead atoms. The summed E-state index contributed by atoms with van der Waals surface area (Å²) in [5.74, 6) is -0.0710. The number of amides is 2. The first kappa shape index (κ1) is 20.9. The minimum Gasteiger partial charge on any atom is -0.495 e. The first-order valence-electron chi connectivity index (χ1n) is 8.43. The van der Waals surface area contributed by atoms with Gasteiger partial charge in [-0.15, -0.1) is 11.3 Å². The van der Waals surface area contributed by atoms with E-state index < -0.39 is 0 Å². The van der Waals surface area contributed by atoms with E-state index in [4.69, 9.17) is 27.9 Å². The molecule has 1 aromatic heterocycles. The molecular weight excluding hydrogens is 431 g/mol. The van der Waals surface area contributed by atoms with E-state index in [1.165, 1.54) is 24.5 Å². The van der Waals surface area contributed by atoms with Crippen molar-refractivity contribution in [2.45, 2.75) is 0 Å². The zero-order chi connectivity index (χ0) is 20.8. The smallest absolute Gasteiger partial charge is 0.265 e. The molecule has 0 atom stereocenters. The first-order valence-corrected chi connectivity index (χ1v) is 10.1. The molecule has 2 amide bonds. The van der Waals surface area contributed by atoms with E-state index in [0.29, 0.717) is 37.6 Å². The Kier molecular flexibility index (Phi) is 6.93. The molecule has 1 heterocycles. The Morgan fingerprint density at radius 2 is 1.72 bits per heavy atom. The molecular formula is C21H16Cl2N2O3S. The highest BCUT2D eigenvalue weighted by Crippen LogP contribution is 2.33. The van der Waals surface area contributed by atoms with E-state index in [9.17, 15) is 9.59 Å². The van der Waals surface area contributed by atoms with Crippen LogP contribution in [0.15, 0.2) is 60.0 Å². The van der Waals surface area contributed by atoms with Gasteiger partial charge in [0.05, 0.1) is 17.0 Å². The summed E-state index contributed by atoms with van der Waals surface area (Å²) in [6.07, 6.45) is 2.93. The summed E-state index contributed by atoms with van der Waals surface area (Å²) < 4.78 is 5.25. The lowest BCUT2D eigenvalue weighted by atomic mass is 10.2. The number of carbonyl (C=O) groups excluding carboxylic acids is 2. The number of ether oxygens (including phenoxy) is 1. The summed E-state index contributed by atoms with van der Waals surface area (Å²) in [6, 6.07) is 13.6. The number of anilines is 2. The second-order valence-corrected chi connectivity index (χ2v) is 7.63. The van der Waals surface area contributed by atoms with Gasteiger partial charge in [-0.3, -0.25) is 9.59 Å². The standard InChI is InChI=1S/C21H16Cl2N2O3S/c1-28-20-13(11-14(22)12-17(20)23)4-9-19(26)24-15-5-7-16(8-6-15)25-21(27)18-3-2-10-29-18/h2-12H,1H3,(H,24,26)(H,25,27). The van der Waals surface area contributed by atoms with Crippen LogP contribution in [0.25, 0.3) is 6.08 Å². The molecule has 0 fully saturated rings. The van der Waals surface area contributed by atoms with Crippen molar-refractivity contribution in [2.75, 3.05) is 17.7 Å². The number of hydrogen-bond donors (Lipinski definition) is 2. The number of benzene rings is 2. The van der Waals surface area contributed by atoms with Gasteiger partial charge >= 0.3 is 0 Å². The normalized spacial score (nSPS) is 10.7. The molecule has 0 saturated carbocycles. The molecule has 29 heavy (non-hydrogen) atoms. The van der Waals surface area contributed by atoms with Crippen LogP contribution in [0, 0.1) is 0 Å². The molecule has 0 aliphatic carbocycles. The predicted molar refractivity (Wildman–Crippen MR) is 119 cm³/mol. The molecule has 0 unspecified atom stereocenters. The Hall–Kier alpha value is -2.80. The van der Waals surface area contributed by atoms with Crippen LogP contribution >= 0.6 is 34.5 Å². The zero-order valence-electron chi connectivity index (χ0n) is 15.2. The number of halogens is 2. The Morgan fingerprint density at radius 3 is 2.34 bits per heavy atom. The average Bonchev–Trinajstić information content (AvgIpc) is 3.22. The van der Waals surface area contributed by atoms with Crippen molar-refractivity contribution in [1.82, 2.24) is 0 Å². The van der Waals surface area contributed by atoms with Gasteiger partial charge in [-0.25, -0.2) is 0 Å². The van der Waals surface area contributed by atoms with E-state index in [0.717, 1.165) is 0 Å². The number of methoxy groups -OCH3 is 1. The molecule has 0 radical (unpaired) electrons. The van der Waals surface area contributed by atoms with Crippen molar-refractivity contribution in [2.24, 2.45) is 0 Å². The minimum atomic E-state index is -0.335. The first-order chi connectivity index (χ1) is 14.0. The van der Waals surface area contributed by atoms with Crippen LogP contribution in [0.4, 0.5) is 11.4 Å². The van der Waals surface area contributed by atoms with Gasteiger partial charge in [0.2, 0.25) is 5.91 Å². The highest BCUT2D eigenvalue weighted by molar-refractivity contribution is 7.12. The SMILES string of the molecule is COc1c(Cl)cc(Cl)cc1C=CC(=O)Nc1ccc(NC(=O)c2cccs2)cc1. The molecule has 0 saturated heterocycles. The fraction of sp³-hybridized carbons (Fsp3) is 0.0476. The Labute approximate surface area is 181 Å². The highest BCUT2D eigenvalue weighted by atomic mass is 35.5. The van der Waals surface area contributed by atoms with E-state index in [1.807, 2.05) is 11.4 Å². The number of thiophene rings is 1. The number of carbonyl (C=O) groups is 2. The van der Waals surface area contributed by atoms with Crippen molar-refractivity contribution in [3.8, 4) is 5.75 Å². The maximum absolute atomic E-state index is 12.2. The third kappa shape index (κ3) is 5.60. The summed E-state index contributed by atoms with van der Waals surface area (Å²) in [5.41, 5.74) is 1.81. The van der Waals surface area contributed by atoms with Crippen LogP contribution in [0.5, 0.6) is 5.75 Å².